The molecule has 0 heterocycles. The summed E-state index contributed by atoms with van der Waals surface area (Å²) in [5, 5.41) is 2.93. The Morgan fingerprint density at radius 1 is 1.23 bits per heavy atom. The average Bonchev–Trinajstić information content (AvgIpc) is 2.14. The molecule has 0 aliphatic carbocycles. The van der Waals surface area contributed by atoms with E-state index in [1.165, 1.54) is 17.3 Å². The van der Waals surface area contributed by atoms with E-state index in [1.807, 2.05) is 0 Å². The molecule has 0 aliphatic heterocycles. The Bertz CT molecular complexity index is 128. The molecular weight excluding hydrogens is 277 g/mol. The van der Waals surface area contributed by atoms with Crippen molar-refractivity contribution in [2.45, 2.75) is 45.4 Å². The molecule has 2 nitrogen and oxygen atoms in total. The van der Waals surface area contributed by atoms with Gasteiger partial charge >= 0.3 is 0 Å². The number of unbranched alkanes of at least 4 members (excludes halogenated alkanes) is 3. The fourth-order valence-corrected chi connectivity index (χ4v) is 1.59. The Hall–Kier alpha value is 0.200. The summed E-state index contributed by atoms with van der Waals surface area (Å²) >= 11 is 2.38. The lowest BCUT2D eigenvalue weighted by Crippen LogP contribution is -2.23. The van der Waals surface area contributed by atoms with Crippen molar-refractivity contribution in [3.05, 3.63) is 0 Å². The van der Waals surface area contributed by atoms with Gasteiger partial charge in [0, 0.05) is 13.0 Å². The lowest BCUT2D eigenvalue weighted by molar-refractivity contribution is -0.121. The van der Waals surface area contributed by atoms with Gasteiger partial charge in [-0.05, 0) is 23.7 Å². The highest BCUT2D eigenvalue weighted by atomic mass is 127. The third kappa shape index (κ3) is 10.1. The average molecular weight is 297 g/mol. The normalized spacial score (nSPS) is 10.0. The van der Waals surface area contributed by atoms with Crippen LogP contribution in [-0.4, -0.2) is 16.9 Å². The van der Waals surface area contributed by atoms with Crippen LogP contribution in [-0.2, 0) is 4.79 Å². The summed E-state index contributed by atoms with van der Waals surface area (Å²) in [6, 6.07) is 0. The number of carbonyl (C=O) groups is 1. The van der Waals surface area contributed by atoms with Gasteiger partial charge in [-0.25, -0.2) is 0 Å². The van der Waals surface area contributed by atoms with E-state index in [9.17, 15) is 4.79 Å². The number of amides is 1. The van der Waals surface area contributed by atoms with Crippen LogP contribution in [0.4, 0.5) is 0 Å². The lowest BCUT2D eigenvalue weighted by Gasteiger charge is -2.03. The molecule has 0 aliphatic rings. The number of hydrogen-bond acceptors (Lipinski definition) is 1. The second-order valence-corrected chi connectivity index (χ2v) is 4.28. The topological polar surface area (TPSA) is 29.1 Å². The maximum atomic E-state index is 11.1. The Morgan fingerprint density at radius 3 is 2.62 bits per heavy atom. The van der Waals surface area contributed by atoms with Crippen molar-refractivity contribution in [3.8, 4) is 0 Å². The second kappa shape index (κ2) is 10.3. The minimum Gasteiger partial charge on any atom is -0.356 e. The van der Waals surface area contributed by atoms with Gasteiger partial charge in [0.05, 0.1) is 0 Å². The molecule has 0 atom stereocenters. The van der Waals surface area contributed by atoms with Crippen molar-refractivity contribution < 1.29 is 4.79 Å². The van der Waals surface area contributed by atoms with Crippen LogP contribution < -0.4 is 5.32 Å². The van der Waals surface area contributed by atoms with Gasteiger partial charge in [0.1, 0.15) is 0 Å². The van der Waals surface area contributed by atoms with Crippen LogP contribution in [0.3, 0.4) is 0 Å². The van der Waals surface area contributed by atoms with E-state index in [-0.39, 0.29) is 5.91 Å². The van der Waals surface area contributed by atoms with E-state index in [0.717, 1.165) is 25.8 Å². The maximum Gasteiger partial charge on any atom is 0.219 e. The first kappa shape index (κ1) is 13.2. The molecule has 1 N–H and O–H groups in total. The minimum atomic E-state index is 0.219. The van der Waals surface area contributed by atoms with E-state index < -0.39 is 0 Å². The molecular formula is C10H20INO. The number of alkyl halides is 1. The highest BCUT2D eigenvalue weighted by Crippen LogP contribution is 1.98. The molecule has 0 spiro atoms. The summed E-state index contributed by atoms with van der Waals surface area (Å²) in [5.74, 6) is 0.219. The first-order chi connectivity index (χ1) is 6.31. The van der Waals surface area contributed by atoms with Gasteiger partial charge in [0.2, 0.25) is 5.91 Å². The number of carbonyl (C=O) groups excluding carboxylic acids is 1. The summed E-state index contributed by atoms with van der Waals surface area (Å²) in [6.45, 7) is 2.97. The molecule has 0 unspecified atom stereocenters. The maximum absolute atomic E-state index is 11.1. The number of halogens is 1. The fourth-order valence-electron chi connectivity index (χ4n) is 1.05. The minimum absolute atomic E-state index is 0.219. The largest absolute Gasteiger partial charge is 0.356 e. The summed E-state index contributed by atoms with van der Waals surface area (Å²) in [6.07, 6.45) is 6.44. The summed E-state index contributed by atoms with van der Waals surface area (Å²) in [5.41, 5.74) is 0. The quantitative estimate of drug-likeness (QED) is 0.416. The zero-order valence-electron chi connectivity index (χ0n) is 8.44. The van der Waals surface area contributed by atoms with Crippen LogP contribution >= 0.6 is 22.6 Å². The second-order valence-electron chi connectivity index (χ2n) is 3.20. The van der Waals surface area contributed by atoms with Crippen molar-refractivity contribution in [1.82, 2.24) is 5.32 Å². The molecule has 0 fully saturated rings. The zero-order chi connectivity index (χ0) is 9.94. The standard InChI is InChI=1S/C10H20INO/c1-2-3-7-10(13)12-9-6-4-5-8-11/h2-9H2,1H3,(H,12,13). The highest BCUT2D eigenvalue weighted by molar-refractivity contribution is 14.1. The zero-order valence-corrected chi connectivity index (χ0v) is 10.6. The molecule has 3 heteroatoms. The van der Waals surface area contributed by atoms with Gasteiger partial charge in [-0.1, -0.05) is 42.4 Å². The van der Waals surface area contributed by atoms with Gasteiger partial charge in [-0.2, -0.15) is 0 Å². The van der Waals surface area contributed by atoms with Crippen molar-refractivity contribution >= 4 is 28.5 Å². The van der Waals surface area contributed by atoms with Gasteiger partial charge in [0.25, 0.3) is 0 Å². The predicted molar refractivity (Wildman–Crippen MR) is 65.3 cm³/mol. The SMILES string of the molecule is CCCCC(=O)NCCCCCI. The van der Waals surface area contributed by atoms with E-state index in [2.05, 4.69) is 34.8 Å². The van der Waals surface area contributed by atoms with Crippen LogP contribution in [0.5, 0.6) is 0 Å². The summed E-state index contributed by atoms with van der Waals surface area (Å²) < 4.78 is 1.22. The first-order valence-electron chi connectivity index (χ1n) is 5.14. The molecule has 1 amide bonds. The van der Waals surface area contributed by atoms with Gasteiger partial charge in [0.15, 0.2) is 0 Å². The van der Waals surface area contributed by atoms with Crippen molar-refractivity contribution in [1.29, 1.82) is 0 Å². The first-order valence-corrected chi connectivity index (χ1v) is 6.66. The molecule has 0 radical (unpaired) electrons. The molecule has 0 saturated heterocycles. The van der Waals surface area contributed by atoms with E-state index in [1.54, 1.807) is 0 Å². The van der Waals surface area contributed by atoms with Gasteiger partial charge < -0.3 is 5.32 Å². The molecule has 0 aromatic carbocycles. The molecule has 78 valence electrons. The Labute approximate surface area is 95.0 Å². The Kier molecular flexibility index (Phi) is 10.4. The van der Waals surface area contributed by atoms with Crippen molar-refractivity contribution in [2.24, 2.45) is 0 Å². The van der Waals surface area contributed by atoms with Crippen LogP contribution in [0.1, 0.15) is 45.4 Å². The fraction of sp³-hybridized carbons (Fsp3) is 0.900. The van der Waals surface area contributed by atoms with Gasteiger partial charge in [-0.15, -0.1) is 0 Å². The van der Waals surface area contributed by atoms with E-state index in [0.29, 0.717) is 6.42 Å². The molecule has 13 heavy (non-hydrogen) atoms. The third-order valence-electron chi connectivity index (χ3n) is 1.89. The number of hydrogen-bond donors (Lipinski definition) is 1. The van der Waals surface area contributed by atoms with Crippen LogP contribution in [0, 0.1) is 0 Å². The smallest absolute Gasteiger partial charge is 0.219 e. The molecule has 0 aromatic rings. The third-order valence-corrected chi connectivity index (χ3v) is 2.65. The molecule has 0 bridgehead atoms. The number of rotatable bonds is 8. The molecule has 0 rings (SSSR count). The van der Waals surface area contributed by atoms with E-state index >= 15 is 0 Å². The summed E-state index contributed by atoms with van der Waals surface area (Å²) in [4.78, 5) is 11.1. The Morgan fingerprint density at radius 2 is 2.00 bits per heavy atom. The molecule has 0 saturated carbocycles. The van der Waals surface area contributed by atoms with Gasteiger partial charge in [-0.3, -0.25) is 4.79 Å². The monoisotopic (exact) mass is 297 g/mol. The number of nitrogens with one attached hydrogen (secondary N) is 1. The Balaban J connectivity index is 3.08. The molecule has 0 aromatic heterocycles. The van der Waals surface area contributed by atoms with Crippen LogP contribution in [0.25, 0.3) is 0 Å². The summed E-state index contributed by atoms with van der Waals surface area (Å²) in [7, 11) is 0. The predicted octanol–water partition coefficient (Wildman–Crippen LogP) is 2.90. The van der Waals surface area contributed by atoms with Crippen LogP contribution in [0.15, 0.2) is 0 Å². The lowest BCUT2D eigenvalue weighted by atomic mass is 10.2. The van der Waals surface area contributed by atoms with E-state index in [4.69, 9.17) is 0 Å². The van der Waals surface area contributed by atoms with Crippen LogP contribution in [0.2, 0.25) is 0 Å². The van der Waals surface area contributed by atoms with Crippen molar-refractivity contribution in [2.75, 3.05) is 11.0 Å². The highest BCUT2D eigenvalue weighted by Gasteiger charge is 1.97. The van der Waals surface area contributed by atoms with Crippen molar-refractivity contribution in [3.63, 3.8) is 0 Å².